The molecule has 2 rings (SSSR count). The summed E-state index contributed by atoms with van der Waals surface area (Å²) < 4.78 is 0. The van der Waals surface area contributed by atoms with Gasteiger partial charge in [-0.2, -0.15) is 0 Å². The summed E-state index contributed by atoms with van der Waals surface area (Å²) in [5, 5.41) is 9.89. The van der Waals surface area contributed by atoms with Crippen molar-refractivity contribution in [2.75, 3.05) is 0 Å². The van der Waals surface area contributed by atoms with Crippen molar-refractivity contribution in [3.05, 3.63) is 71.8 Å². The fourth-order valence-corrected chi connectivity index (χ4v) is 1.55. The summed E-state index contributed by atoms with van der Waals surface area (Å²) in [5.74, 6) is -0.271. The van der Waals surface area contributed by atoms with E-state index in [9.17, 15) is 9.90 Å². The molecule has 0 aliphatic heterocycles. The van der Waals surface area contributed by atoms with E-state index in [-0.39, 0.29) is 22.3 Å². The van der Waals surface area contributed by atoms with Crippen LogP contribution in [0.2, 0.25) is 0 Å². The summed E-state index contributed by atoms with van der Waals surface area (Å²) >= 11 is 0. The van der Waals surface area contributed by atoms with E-state index in [2.05, 4.69) is 0 Å². The molecule has 1 atom stereocenters. The maximum absolute atomic E-state index is 11.9. The largest absolute Gasteiger partial charge is 0.380 e. The minimum absolute atomic E-state index is 0. The Morgan fingerprint density at radius 2 is 1.35 bits per heavy atom. The van der Waals surface area contributed by atoms with Crippen molar-refractivity contribution in [3.63, 3.8) is 0 Å². The van der Waals surface area contributed by atoms with Crippen LogP contribution in [0.5, 0.6) is 0 Å². The number of aliphatic hydroxyl groups is 1. The van der Waals surface area contributed by atoms with Crippen molar-refractivity contribution in [1.29, 1.82) is 0 Å². The summed E-state index contributed by atoms with van der Waals surface area (Å²) in [5.41, 5.74) is 1.15. The third kappa shape index (κ3) is 3.26. The van der Waals surface area contributed by atoms with Crippen LogP contribution in [-0.2, 0) is 16.5 Å². The normalized spacial score (nSPS) is 11.4. The molecule has 3 heteroatoms. The number of hydrogen-bond acceptors (Lipinski definition) is 2. The second-order valence-corrected chi connectivity index (χ2v) is 3.54. The summed E-state index contributed by atoms with van der Waals surface area (Å²) in [6.45, 7) is 0. The first-order valence-electron chi connectivity index (χ1n) is 5.11. The van der Waals surface area contributed by atoms with Crippen LogP contribution in [0.3, 0.4) is 0 Å². The smallest absolute Gasteiger partial charge is 0.195 e. The van der Waals surface area contributed by atoms with Gasteiger partial charge >= 0.3 is 0 Å². The Balaban J connectivity index is 0.00000144. The van der Waals surface area contributed by atoms with Crippen molar-refractivity contribution >= 4 is 5.78 Å². The summed E-state index contributed by atoms with van der Waals surface area (Å²) in [4.78, 5) is 11.9. The number of rotatable bonds is 3. The van der Waals surface area contributed by atoms with E-state index in [1.807, 2.05) is 12.1 Å². The third-order valence-electron chi connectivity index (χ3n) is 2.42. The number of carbonyl (C=O) groups excluding carboxylic acids is 1. The van der Waals surface area contributed by atoms with Crippen LogP contribution in [0.1, 0.15) is 22.0 Å². The Bertz CT molecular complexity index is 468. The molecule has 0 bridgehead atoms. The van der Waals surface area contributed by atoms with Crippen LogP contribution in [0, 0.1) is 0 Å². The Labute approximate surface area is 110 Å². The second kappa shape index (κ2) is 6.34. The van der Waals surface area contributed by atoms with Gasteiger partial charge in [-0.25, -0.2) is 0 Å². The topological polar surface area (TPSA) is 37.3 Å². The molecule has 17 heavy (non-hydrogen) atoms. The fourth-order valence-electron chi connectivity index (χ4n) is 1.55. The number of Topliss-reactive ketones (excluding diaryl/α,β-unsaturated/α-hetero) is 1. The zero-order valence-corrected chi connectivity index (χ0v) is 10.0. The zero-order chi connectivity index (χ0) is 11.4. The number of carbonyl (C=O) groups is 1. The molecule has 0 aromatic heterocycles. The minimum Gasteiger partial charge on any atom is -0.380 e. The van der Waals surface area contributed by atoms with Gasteiger partial charge in [0.15, 0.2) is 5.78 Å². The molecule has 2 nitrogen and oxygen atoms in total. The van der Waals surface area contributed by atoms with E-state index in [1.54, 1.807) is 48.5 Å². The van der Waals surface area contributed by atoms with E-state index < -0.39 is 6.10 Å². The molecule has 0 saturated heterocycles. The van der Waals surface area contributed by atoms with Gasteiger partial charge in [-0.1, -0.05) is 60.7 Å². The maximum atomic E-state index is 11.9. The molecule has 0 heterocycles. The van der Waals surface area contributed by atoms with Crippen molar-refractivity contribution < 1.29 is 26.4 Å². The Morgan fingerprint density at radius 3 is 1.88 bits per heavy atom. The molecule has 0 saturated carbocycles. The minimum atomic E-state index is -1.08. The van der Waals surface area contributed by atoms with Crippen LogP contribution in [0.15, 0.2) is 60.7 Å². The van der Waals surface area contributed by atoms with Gasteiger partial charge in [0.05, 0.1) is 0 Å². The quantitative estimate of drug-likeness (QED) is 0.688. The van der Waals surface area contributed by atoms with Crippen LogP contribution in [0.4, 0.5) is 0 Å². The number of aliphatic hydroxyl groups excluding tert-OH is 1. The number of ketones is 1. The second-order valence-electron chi connectivity index (χ2n) is 3.54. The summed E-state index contributed by atoms with van der Waals surface area (Å²) in [7, 11) is 0. The van der Waals surface area contributed by atoms with E-state index in [1.165, 1.54) is 0 Å². The average molecular weight is 271 g/mol. The Hall–Kier alpha value is -1.44. The average Bonchev–Trinajstić information content (AvgIpc) is 2.39. The van der Waals surface area contributed by atoms with Crippen molar-refractivity contribution in [2.45, 2.75) is 6.10 Å². The molecule has 0 amide bonds. The molecule has 2 aromatic rings. The molecule has 0 radical (unpaired) electrons. The molecule has 1 unspecified atom stereocenters. The van der Waals surface area contributed by atoms with Gasteiger partial charge in [0.2, 0.25) is 0 Å². The van der Waals surface area contributed by atoms with E-state index >= 15 is 0 Å². The monoisotopic (exact) mass is 270 g/mol. The van der Waals surface area contributed by atoms with Crippen LogP contribution in [0.25, 0.3) is 0 Å². The predicted octanol–water partition coefficient (Wildman–Crippen LogP) is 2.60. The molecule has 0 spiro atoms. The molecule has 2 aromatic carbocycles. The van der Waals surface area contributed by atoms with Crippen molar-refractivity contribution in [1.82, 2.24) is 0 Å². The molecular weight excluding hydrogens is 259 g/mol. The van der Waals surface area contributed by atoms with Gasteiger partial charge in [0.25, 0.3) is 0 Å². The van der Waals surface area contributed by atoms with Crippen LogP contribution < -0.4 is 0 Å². The van der Waals surface area contributed by atoms with Crippen molar-refractivity contribution in [2.24, 2.45) is 0 Å². The zero-order valence-electron chi connectivity index (χ0n) is 9.02. The first-order valence-corrected chi connectivity index (χ1v) is 5.11. The number of benzene rings is 2. The molecule has 1 N–H and O–H groups in total. The van der Waals surface area contributed by atoms with Gasteiger partial charge in [0, 0.05) is 22.1 Å². The third-order valence-corrected chi connectivity index (χ3v) is 2.42. The molecule has 0 fully saturated rings. The van der Waals surface area contributed by atoms with Gasteiger partial charge in [-0.3, -0.25) is 4.79 Å². The van der Waals surface area contributed by atoms with Gasteiger partial charge < -0.3 is 5.11 Å². The molecule has 90 valence electrons. The maximum Gasteiger partial charge on any atom is 0.195 e. The van der Waals surface area contributed by atoms with Gasteiger partial charge in [-0.15, -0.1) is 0 Å². The molecular formula is C14H12NiO2. The van der Waals surface area contributed by atoms with Crippen molar-refractivity contribution in [3.8, 4) is 0 Å². The molecule has 0 aliphatic rings. The standard InChI is InChI=1S/C14H12O2.Ni/c15-13(11-7-3-1-4-8-11)14(16)12-9-5-2-6-10-12;/h1-10,13,15H;. The first kappa shape index (κ1) is 13.6. The van der Waals surface area contributed by atoms with E-state index in [0.29, 0.717) is 11.1 Å². The summed E-state index contributed by atoms with van der Waals surface area (Å²) in [6.07, 6.45) is -1.08. The first-order chi connectivity index (χ1) is 7.79. The predicted molar refractivity (Wildman–Crippen MR) is 62.2 cm³/mol. The van der Waals surface area contributed by atoms with Gasteiger partial charge in [0.1, 0.15) is 6.10 Å². The molecule has 0 aliphatic carbocycles. The Kier molecular flexibility index (Phi) is 5.08. The number of hydrogen-bond donors (Lipinski definition) is 1. The summed E-state index contributed by atoms with van der Waals surface area (Å²) in [6, 6.07) is 17.7. The van der Waals surface area contributed by atoms with Crippen LogP contribution >= 0.6 is 0 Å². The van der Waals surface area contributed by atoms with Gasteiger partial charge in [-0.05, 0) is 5.56 Å². The Morgan fingerprint density at radius 1 is 0.882 bits per heavy atom. The SMILES string of the molecule is O=C(c1ccccc1)C(O)c1ccccc1.[Ni]. The van der Waals surface area contributed by atoms with E-state index in [0.717, 1.165) is 0 Å². The van der Waals surface area contributed by atoms with E-state index in [4.69, 9.17) is 0 Å². The van der Waals surface area contributed by atoms with Crippen LogP contribution in [-0.4, -0.2) is 10.9 Å². The fraction of sp³-hybridized carbons (Fsp3) is 0.0714.